The lowest BCUT2D eigenvalue weighted by molar-refractivity contribution is -0.131. The summed E-state index contributed by atoms with van der Waals surface area (Å²) in [5, 5.41) is 0. The molecule has 2 aliphatic rings. The summed E-state index contributed by atoms with van der Waals surface area (Å²) in [5.74, 6) is 1.10. The molecule has 32 heavy (non-hydrogen) atoms. The summed E-state index contributed by atoms with van der Waals surface area (Å²) in [4.78, 5) is 14.9. The predicted octanol–water partition coefficient (Wildman–Crippen LogP) is 3.00. The van der Waals surface area contributed by atoms with Crippen molar-refractivity contribution < 1.29 is 27.1 Å². The van der Waals surface area contributed by atoms with Crippen molar-refractivity contribution in [3.05, 3.63) is 48.3 Å². The number of ether oxygens (including phenoxy) is 2. The van der Waals surface area contributed by atoms with E-state index in [4.69, 9.17) is 9.47 Å². The van der Waals surface area contributed by atoms with Gasteiger partial charge >= 0.3 is 0 Å². The molecular weight excluding hydrogens is 455 g/mol. The van der Waals surface area contributed by atoms with Gasteiger partial charge in [-0.1, -0.05) is 12.1 Å². The van der Waals surface area contributed by atoms with E-state index < -0.39 is 10.0 Å². The van der Waals surface area contributed by atoms with Crippen molar-refractivity contribution in [2.24, 2.45) is 0 Å². The van der Waals surface area contributed by atoms with Gasteiger partial charge < -0.3 is 14.4 Å². The predicted molar refractivity (Wildman–Crippen MR) is 119 cm³/mol. The number of thioether (sulfide) groups is 1. The molecule has 1 amide bonds. The highest BCUT2D eigenvalue weighted by Crippen LogP contribution is 2.33. The smallest absolute Gasteiger partial charge is 0.243 e. The zero-order chi connectivity index (χ0) is 22.6. The van der Waals surface area contributed by atoms with E-state index in [2.05, 4.69) is 0 Å². The Morgan fingerprint density at radius 3 is 2.47 bits per heavy atom. The molecule has 2 aliphatic heterocycles. The molecule has 7 nitrogen and oxygen atoms in total. The minimum atomic E-state index is -3.70. The summed E-state index contributed by atoms with van der Waals surface area (Å²) < 4.78 is 52.4. The molecule has 4 rings (SSSR count). The van der Waals surface area contributed by atoms with Crippen LogP contribution in [0.3, 0.4) is 0 Å². The van der Waals surface area contributed by atoms with Gasteiger partial charge in [0, 0.05) is 55.7 Å². The number of carbonyl (C=O) groups excluding carboxylic acids is 1. The Hall–Kier alpha value is -2.30. The molecular formula is C22H25FN2O5S2. The lowest BCUT2D eigenvalue weighted by atomic mass is 10.3. The van der Waals surface area contributed by atoms with E-state index in [0.29, 0.717) is 48.5 Å². The minimum absolute atomic E-state index is 0.0542. The zero-order valence-corrected chi connectivity index (χ0v) is 19.2. The summed E-state index contributed by atoms with van der Waals surface area (Å²) in [5.41, 5.74) is 0. The van der Waals surface area contributed by atoms with Crippen LogP contribution in [0.4, 0.5) is 4.39 Å². The molecule has 0 N–H and O–H groups in total. The number of benzene rings is 2. The van der Waals surface area contributed by atoms with E-state index in [1.54, 1.807) is 29.2 Å². The highest BCUT2D eigenvalue weighted by Gasteiger charge is 2.31. The number of sulfonamides is 1. The van der Waals surface area contributed by atoms with Crippen molar-refractivity contribution >= 4 is 27.7 Å². The molecule has 1 fully saturated rings. The monoisotopic (exact) mass is 480 g/mol. The molecule has 0 aromatic heterocycles. The van der Waals surface area contributed by atoms with Crippen molar-refractivity contribution in [1.29, 1.82) is 0 Å². The van der Waals surface area contributed by atoms with Crippen molar-refractivity contribution in [2.75, 3.05) is 45.1 Å². The Kier molecular flexibility index (Phi) is 7.22. The maximum absolute atomic E-state index is 13.7. The standard InChI is InChI=1S/C22H25FN2O5S2/c23-18-4-1-2-5-21(18)31-15-8-22(26)24-9-11-25(12-10-24)32(27,28)17-6-7-19-20(16-17)30-14-3-13-29-19/h1-2,4-7,16H,3,8-15H2. The minimum Gasteiger partial charge on any atom is -0.490 e. The third-order valence-corrected chi connectivity index (χ3v) is 8.30. The first-order valence-electron chi connectivity index (χ1n) is 10.5. The van der Waals surface area contributed by atoms with Gasteiger partial charge in [-0.2, -0.15) is 4.31 Å². The number of hydrogen-bond donors (Lipinski definition) is 0. The molecule has 2 aromatic carbocycles. The van der Waals surface area contributed by atoms with Crippen LogP contribution in [0.5, 0.6) is 11.5 Å². The van der Waals surface area contributed by atoms with Gasteiger partial charge in [0.15, 0.2) is 11.5 Å². The highest BCUT2D eigenvalue weighted by molar-refractivity contribution is 7.99. The lowest BCUT2D eigenvalue weighted by Gasteiger charge is -2.34. The van der Waals surface area contributed by atoms with Gasteiger partial charge in [0.25, 0.3) is 0 Å². The summed E-state index contributed by atoms with van der Waals surface area (Å²) in [7, 11) is -3.70. The van der Waals surface area contributed by atoms with E-state index in [0.717, 1.165) is 6.42 Å². The van der Waals surface area contributed by atoms with Gasteiger partial charge in [-0.15, -0.1) is 11.8 Å². The quantitative estimate of drug-likeness (QED) is 0.592. The first kappa shape index (κ1) is 22.9. The number of rotatable bonds is 6. The molecule has 0 unspecified atom stereocenters. The van der Waals surface area contributed by atoms with Crippen LogP contribution < -0.4 is 9.47 Å². The van der Waals surface area contributed by atoms with Crippen LogP contribution in [0.2, 0.25) is 0 Å². The fraction of sp³-hybridized carbons (Fsp3) is 0.409. The molecule has 0 bridgehead atoms. The van der Waals surface area contributed by atoms with Gasteiger partial charge in [-0.05, 0) is 24.3 Å². The Bertz CT molecular complexity index is 1070. The largest absolute Gasteiger partial charge is 0.490 e. The van der Waals surface area contributed by atoms with Gasteiger partial charge in [-0.25, -0.2) is 12.8 Å². The normalized spacial score (nSPS) is 17.1. The second-order valence-electron chi connectivity index (χ2n) is 7.47. The Balaban J connectivity index is 1.31. The molecule has 10 heteroatoms. The summed E-state index contributed by atoms with van der Waals surface area (Å²) in [6.45, 7) is 2.12. The van der Waals surface area contributed by atoms with Crippen molar-refractivity contribution in [2.45, 2.75) is 22.6 Å². The summed E-state index contributed by atoms with van der Waals surface area (Å²) in [6.07, 6.45) is 1.01. The fourth-order valence-electron chi connectivity index (χ4n) is 3.60. The van der Waals surface area contributed by atoms with Gasteiger partial charge in [0.2, 0.25) is 15.9 Å². The second kappa shape index (κ2) is 10.1. The number of amides is 1. The van der Waals surface area contributed by atoms with E-state index >= 15 is 0 Å². The number of carbonyl (C=O) groups is 1. The average Bonchev–Trinajstić information content (AvgIpc) is 3.05. The zero-order valence-electron chi connectivity index (χ0n) is 17.5. The van der Waals surface area contributed by atoms with Gasteiger partial charge in [0.1, 0.15) is 5.82 Å². The topological polar surface area (TPSA) is 76.2 Å². The molecule has 1 saturated heterocycles. The SMILES string of the molecule is O=C(CCSc1ccccc1F)N1CCN(S(=O)(=O)c2ccc3c(c2)OCCCO3)CC1. The van der Waals surface area contributed by atoms with Crippen LogP contribution in [0, 0.1) is 5.82 Å². The van der Waals surface area contributed by atoms with Crippen molar-refractivity contribution in [3.63, 3.8) is 0 Å². The maximum Gasteiger partial charge on any atom is 0.243 e. The van der Waals surface area contributed by atoms with Crippen LogP contribution in [0.25, 0.3) is 0 Å². The van der Waals surface area contributed by atoms with E-state index in [1.165, 1.54) is 34.3 Å². The Morgan fingerprint density at radius 1 is 1.00 bits per heavy atom. The molecule has 0 spiro atoms. The fourth-order valence-corrected chi connectivity index (χ4v) is 5.91. The van der Waals surface area contributed by atoms with E-state index in [9.17, 15) is 17.6 Å². The van der Waals surface area contributed by atoms with Crippen LogP contribution in [-0.4, -0.2) is 68.7 Å². The van der Waals surface area contributed by atoms with E-state index in [1.807, 2.05) is 0 Å². The molecule has 0 radical (unpaired) electrons. The molecule has 0 saturated carbocycles. The summed E-state index contributed by atoms with van der Waals surface area (Å²) >= 11 is 1.30. The number of halogens is 1. The average molecular weight is 481 g/mol. The molecule has 2 heterocycles. The van der Waals surface area contributed by atoms with Crippen molar-refractivity contribution in [3.8, 4) is 11.5 Å². The Labute approximate surface area is 191 Å². The molecule has 2 aromatic rings. The number of fused-ring (bicyclic) bond motifs is 1. The van der Waals surface area contributed by atoms with Crippen LogP contribution in [0.1, 0.15) is 12.8 Å². The molecule has 0 atom stereocenters. The first-order valence-corrected chi connectivity index (χ1v) is 12.9. The van der Waals surface area contributed by atoms with Crippen LogP contribution >= 0.6 is 11.8 Å². The molecule has 0 aliphatic carbocycles. The number of piperazine rings is 1. The first-order chi connectivity index (χ1) is 15.4. The Morgan fingerprint density at radius 2 is 1.72 bits per heavy atom. The third kappa shape index (κ3) is 5.19. The highest BCUT2D eigenvalue weighted by atomic mass is 32.2. The number of nitrogens with zero attached hydrogens (tertiary/aromatic N) is 2. The van der Waals surface area contributed by atoms with Gasteiger partial charge in [-0.3, -0.25) is 4.79 Å². The van der Waals surface area contributed by atoms with Crippen LogP contribution in [0.15, 0.2) is 52.3 Å². The maximum atomic E-state index is 13.7. The van der Waals surface area contributed by atoms with Gasteiger partial charge in [0.05, 0.1) is 18.1 Å². The number of hydrogen-bond acceptors (Lipinski definition) is 6. The third-order valence-electron chi connectivity index (χ3n) is 5.36. The molecule has 172 valence electrons. The lowest BCUT2D eigenvalue weighted by Crippen LogP contribution is -2.50. The van der Waals surface area contributed by atoms with Crippen molar-refractivity contribution in [1.82, 2.24) is 9.21 Å². The van der Waals surface area contributed by atoms with Crippen LogP contribution in [-0.2, 0) is 14.8 Å². The van der Waals surface area contributed by atoms with E-state index in [-0.39, 0.29) is 36.1 Å². The second-order valence-corrected chi connectivity index (χ2v) is 10.5. The summed E-state index contributed by atoms with van der Waals surface area (Å²) in [6, 6.07) is 11.1.